The van der Waals surface area contributed by atoms with Gasteiger partial charge >= 0.3 is 0 Å². The Labute approximate surface area is 79.3 Å². The lowest BCUT2D eigenvalue weighted by Gasteiger charge is -2.12. The van der Waals surface area contributed by atoms with Gasteiger partial charge in [0.15, 0.2) is 0 Å². The van der Waals surface area contributed by atoms with E-state index in [-0.39, 0.29) is 0 Å². The van der Waals surface area contributed by atoms with Crippen molar-refractivity contribution < 1.29 is 0 Å². The molecular weight excluding hydrogens is 164 g/mol. The van der Waals surface area contributed by atoms with Gasteiger partial charge in [0.2, 0.25) is 0 Å². The Balaban J connectivity index is 2.46. The molecule has 0 spiro atoms. The highest BCUT2D eigenvalue weighted by molar-refractivity contribution is 4.95. The summed E-state index contributed by atoms with van der Waals surface area (Å²) in [6.07, 6.45) is 5.33. The molecule has 0 bridgehead atoms. The minimum absolute atomic E-state index is 0.529. The Morgan fingerprint density at radius 1 is 1.62 bits per heavy atom. The van der Waals surface area contributed by atoms with E-state index >= 15 is 0 Å². The molecule has 13 heavy (non-hydrogen) atoms. The van der Waals surface area contributed by atoms with Crippen molar-refractivity contribution in [2.75, 3.05) is 7.05 Å². The molecule has 0 aliphatic rings. The zero-order chi connectivity index (χ0) is 9.68. The first-order valence-corrected chi connectivity index (χ1v) is 4.78. The summed E-state index contributed by atoms with van der Waals surface area (Å²) >= 11 is 0. The van der Waals surface area contributed by atoms with Gasteiger partial charge in [-0.05, 0) is 13.5 Å². The first kappa shape index (κ1) is 10.2. The van der Waals surface area contributed by atoms with E-state index in [4.69, 9.17) is 0 Å². The minimum Gasteiger partial charge on any atom is -0.317 e. The maximum atomic E-state index is 4.06. The number of likely N-dealkylation sites (N-methyl/N-ethyl adjacent to an activating group) is 1. The molecule has 0 aromatic carbocycles. The van der Waals surface area contributed by atoms with Crippen molar-refractivity contribution in [3.05, 3.63) is 11.9 Å². The van der Waals surface area contributed by atoms with E-state index in [1.807, 2.05) is 20.3 Å². The Morgan fingerprint density at radius 3 is 2.85 bits per heavy atom. The molecule has 0 saturated heterocycles. The molecule has 0 aliphatic heterocycles. The Morgan fingerprint density at radius 2 is 2.38 bits per heavy atom. The first-order valence-electron chi connectivity index (χ1n) is 4.78. The van der Waals surface area contributed by atoms with Crippen LogP contribution in [0.15, 0.2) is 6.20 Å². The summed E-state index contributed by atoms with van der Waals surface area (Å²) < 4.78 is 1.74. The van der Waals surface area contributed by atoms with Gasteiger partial charge in [-0.1, -0.05) is 18.6 Å². The van der Waals surface area contributed by atoms with Crippen LogP contribution < -0.4 is 5.32 Å². The van der Waals surface area contributed by atoms with Crippen molar-refractivity contribution in [1.82, 2.24) is 20.3 Å². The molecule has 4 heteroatoms. The topological polar surface area (TPSA) is 42.7 Å². The van der Waals surface area contributed by atoms with Crippen molar-refractivity contribution in [3.63, 3.8) is 0 Å². The molecule has 4 nitrogen and oxygen atoms in total. The number of nitrogens with one attached hydrogen (secondary N) is 1. The summed E-state index contributed by atoms with van der Waals surface area (Å²) in [5.74, 6) is 0. The van der Waals surface area contributed by atoms with E-state index in [0.717, 1.165) is 12.1 Å². The van der Waals surface area contributed by atoms with Gasteiger partial charge < -0.3 is 5.32 Å². The predicted octanol–water partition coefficient (Wildman–Crippen LogP) is 0.746. The van der Waals surface area contributed by atoms with Crippen molar-refractivity contribution in [2.24, 2.45) is 7.05 Å². The molecule has 0 aliphatic carbocycles. The number of nitrogens with zero attached hydrogens (tertiary/aromatic N) is 3. The fourth-order valence-electron chi connectivity index (χ4n) is 1.44. The van der Waals surface area contributed by atoms with Gasteiger partial charge in [-0.15, -0.1) is 5.10 Å². The normalized spacial score (nSPS) is 13.2. The zero-order valence-corrected chi connectivity index (χ0v) is 8.62. The molecule has 0 fully saturated rings. The molecule has 0 saturated carbocycles. The highest BCUT2D eigenvalue weighted by Gasteiger charge is 2.07. The maximum absolute atomic E-state index is 4.06. The lowest BCUT2D eigenvalue weighted by Crippen LogP contribution is -2.27. The van der Waals surface area contributed by atoms with Crippen LogP contribution in [0.1, 0.15) is 25.5 Å². The quantitative estimate of drug-likeness (QED) is 0.730. The van der Waals surface area contributed by atoms with Crippen molar-refractivity contribution in [1.29, 1.82) is 0 Å². The van der Waals surface area contributed by atoms with Gasteiger partial charge in [0.25, 0.3) is 0 Å². The molecule has 1 N–H and O–H groups in total. The molecular formula is C9H18N4. The van der Waals surface area contributed by atoms with Crippen LogP contribution in [0, 0.1) is 0 Å². The van der Waals surface area contributed by atoms with E-state index in [9.17, 15) is 0 Å². The first-order chi connectivity index (χ1) is 6.26. The van der Waals surface area contributed by atoms with E-state index in [1.54, 1.807) is 4.68 Å². The molecule has 0 radical (unpaired) electrons. The number of rotatable bonds is 5. The average Bonchev–Trinajstić information content (AvgIpc) is 2.50. The summed E-state index contributed by atoms with van der Waals surface area (Å²) in [4.78, 5) is 0. The zero-order valence-electron chi connectivity index (χ0n) is 8.62. The van der Waals surface area contributed by atoms with Crippen LogP contribution in [0.4, 0.5) is 0 Å². The summed E-state index contributed by atoms with van der Waals surface area (Å²) in [6, 6.07) is 0.529. The third kappa shape index (κ3) is 3.14. The van der Waals surface area contributed by atoms with Crippen LogP contribution in [0.5, 0.6) is 0 Å². The molecule has 74 valence electrons. The van der Waals surface area contributed by atoms with Gasteiger partial charge in [0.1, 0.15) is 0 Å². The highest BCUT2D eigenvalue weighted by Crippen LogP contribution is 2.03. The van der Waals surface area contributed by atoms with Crippen LogP contribution >= 0.6 is 0 Å². The molecule has 1 aromatic heterocycles. The van der Waals surface area contributed by atoms with E-state index in [0.29, 0.717) is 6.04 Å². The molecule has 1 unspecified atom stereocenters. The predicted molar refractivity (Wildman–Crippen MR) is 52.5 cm³/mol. The van der Waals surface area contributed by atoms with E-state index < -0.39 is 0 Å². The average molecular weight is 182 g/mol. The summed E-state index contributed by atoms with van der Waals surface area (Å²) in [6.45, 7) is 2.20. The van der Waals surface area contributed by atoms with Crippen LogP contribution in [0.3, 0.4) is 0 Å². The second kappa shape index (κ2) is 4.97. The van der Waals surface area contributed by atoms with Crippen LogP contribution in [0.25, 0.3) is 0 Å². The van der Waals surface area contributed by atoms with E-state index in [2.05, 4.69) is 22.6 Å². The minimum atomic E-state index is 0.529. The van der Waals surface area contributed by atoms with Gasteiger partial charge in [-0.3, -0.25) is 4.68 Å². The monoisotopic (exact) mass is 182 g/mol. The lowest BCUT2D eigenvalue weighted by atomic mass is 10.1. The van der Waals surface area contributed by atoms with Gasteiger partial charge in [0, 0.05) is 25.7 Å². The summed E-state index contributed by atoms with van der Waals surface area (Å²) in [7, 11) is 3.89. The Kier molecular flexibility index (Phi) is 3.89. The summed E-state index contributed by atoms with van der Waals surface area (Å²) in [5, 5.41) is 11.2. The molecule has 0 amide bonds. The number of aryl methyl sites for hydroxylation is 1. The third-order valence-electron chi connectivity index (χ3n) is 2.15. The Hall–Kier alpha value is -0.900. The molecule has 1 rings (SSSR count). The number of aromatic nitrogens is 3. The highest BCUT2D eigenvalue weighted by atomic mass is 15.4. The maximum Gasteiger partial charge on any atom is 0.0842 e. The lowest BCUT2D eigenvalue weighted by molar-refractivity contribution is 0.508. The van der Waals surface area contributed by atoms with Gasteiger partial charge in [-0.2, -0.15) is 0 Å². The number of hydrogen-bond acceptors (Lipinski definition) is 3. The van der Waals surface area contributed by atoms with Crippen molar-refractivity contribution in [3.8, 4) is 0 Å². The molecule has 1 heterocycles. The van der Waals surface area contributed by atoms with Gasteiger partial charge in [-0.25, -0.2) is 0 Å². The number of hydrogen-bond donors (Lipinski definition) is 1. The fraction of sp³-hybridized carbons (Fsp3) is 0.778. The summed E-state index contributed by atoms with van der Waals surface area (Å²) in [5.41, 5.74) is 1.07. The van der Waals surface area contributed by atoms with Crippen LogP contribution in [-0.2, 0) is 13.5 Å². The fourth-order valence-corrected chi connectivity index (χ4v) is 1.44. The van der Waals surface area contributed by atoms with Crippen molar-refractivity contribution >= 4 is 0 Å². The second-order valence-corrected chi connectivity index (χ2v) is 3.36. The second-order valence-electron chi connectivity index (χ2n) is 3.36. The van der Waals surface area contributed by atoms with Crippen molar-refractivity contribution in [2.45, 2.75) is 32.2 Å². The standard InChI is InChI=1S/C9H18N4/c1-4-5-8(10-2)6-9-7-13(3)12-11-9/h7-8,10H,4-6H2,1-3H3. The Bertz CT molecular complexity index is 244. The molecule has 1 aromatic rings. The van der Waals surface area contributed by atoms with Crippen LogP contribution in [0.2, 0.25) is 0 Å². The van der Waals surface area contributed by atoms with E-state index in [1.165, 1.54) is 12.8 Å². The largest absolute Gasteiger partial charge is 0.317 e. The van der Waals surface area contributed by atoms with Gasteiger partial charge in [0.05, 0.1) is 5.69 Å². The molecule has 1 atom stereocenters. The third-order valence-corrected chi connectivity index (χ3v) is 2.15. The van der Waals surface area contributed by atoms with Crippen LogP contribution in [-0.4, -0.2) is 28.1 Å². The smallest absolute Gasteiger partial charge is 0.0842 e. The SMILES string of the molecule is CCCC(Cc1cn(C)nn1)NC.